The molecule has 8 nitrogen and oxygen atoms in total. The van der Waals surface area contributed by atoms with Crippen LogP contribution in [0.25, 0.3) is 0 Å². The highest BCUT2D eigenvalue weighted by Gasteiger charge is 2.51. The second-order valence-electron chi connectivity index (χ2n) is 12.0. The van der Waals surface area contributed by atoms with Gasteiger partial charge in [0.1, 0.15) is 15.9 Å². The lowest BCUT2D eigenvalue weighted by molar-refractivity contribution is -0.202. The SMILES string of the molecule is CN(C(=O)CC1CCS(=O)(=O)CC1)[C@@H](C1CCC(N2CCCC3C2CNC2CC(Cl)NN23)CC1)C(F)(F)F. The Labute approximate surface area is 228 Å². The molecular formula is C25H41ClF3N5O3S. The van der Waals surface area contributed by atoms with Crippen LogP contribution in [0.3, 0.4) is 0 Å². The first-order chi connectivity index (χ1) is 17.9. The number of nitrogens with zero attached hydrogens (tertiary/aromatic N) is 3. The monoisotopic (exact) mass is 583 g/mol. The molecule has 1 saturated carbocycles. The Morgan fingerprint density at radius 1 is 1.08 bits per heavy atom. The van der Waals surface area contributed by atoms with Gasteiger partial charge >= 0.3 is 6.18 Å². The van der Waals surface area contributed by atoms with Crippen LogP contribution in [-0.2, 0) is 14.6 Å². The molecule has 13 heteroatoms. The molecule has 0 bridgehead atoms. The molecule has 2 N–H and O–H groups in total. The average Bonchev–Trinajstić information content (AvgIpc) is 3.25. The lowest BCUT2D eigenvalue weighted by atomic mass is 9.78. The molecule has 0 aromatic rings. The number of sulfone groups is 1. The maximum Gasteiger partial charge on any atom is 0.409 e. The van der Waals surface area contributed by atoms with E-state index < -0.39 is 33.9 Å². The molecule has 5 rings (SSSR count). The van der Waals surface area contributed by atoms with Crippen molar-refractivity contribution in [2.75, 3.05) is 31.6 Å². The number of hydrogen-bond acceptors (Lipinski definition) is 7. The number of halogens is 4. The summed E-state index contributed by atoms with van der Waals surface area (Å²) in [7, 11) is -1.81. The van der Waals surface area contributed by atoms with Gasteiger partial charge in [-0.15, -0.1) is 11.6 Å². The summed E-state index contributed by atoms with van der Waals surface area (Å²) in [6.45, 7) is 1.82. The maximum atomic E-state index is 14.3. The van der Waals surface area contributed by atoms with Crippen molar-refractivity contribution in [3.05, 3.63) is 0 Å². The van der Waals surface area contributed by atoms with Gasteiger partial charge in [0.05, 0.1) is 23.2 Å². The number of likely N-dealkylation sites (tertiary alicyclic amines) is 1. The molecule has 1 amide bonds. The summed E-state index contributed by atoms with van der Waals surface area (Å²) in [5.41, 5.74) is 3.31. The van der Waals surface area contributed by atoms with E-state index in [9.17, 15) is 26.4 Å². The van der Waals surface area contributed by atoms with Crippen LogP contribution in [0.1, 0.15) is 64.2 Å². The van der Waals surface area contributed by atoms with E-state index in [1.807, 2.05) is 0 Å². The fraction of sp³-hybridized carbons (Fsp3) is 0.960. The van der Waals surface area contributed by atoms with Crippen molar-refractivity contribution >= 4 is 27.3 Å². The Hall–Kier alpha value is -0.660. The third kappa shape index (κ3) is 6.15. The van der Waals surface area contributed by atoms with E-state index in [1.54, 1.807) is 0 Å². The van der Waals surface area contributed by atoms with E-state index in [-0.39, 0.29) is 41.6 Å². The van der Waals surface area contributed by atoms with Crippen molar-refractivity contribution in [2.45, 2.75) is 106 Å². The molecule has 4 saturated heterocycles. The predicted octanol–water partition coefficient (Wildman–Crippen LogP) is 2.69. The minimum atomic E-state index is -4.50. The summed E-state index contributed by atoms with van der Waals surface area (Å²) in [6, 6.07) is -0.911. The first kappa shape index (κ1) is 28.9. The number of hydrogen-bond donors (Lipinski definition) is 2. The summed E-state index contributed by atoms with van der Waals surface area (Å²) >= 11 is 6.35. The number of carbonyl (C=O) groups excluding carboxylic acids is 1. The van der Waals surface area contributed by atoms with Crippen LogP contribution in [0.2, 0.25) is 0 Å². The normalized spacial score (nSPS) is 37.8. The molecule has 0 aromatic heterocycles. The van der Waals surface area contributed by atoms with Gasteiger partial charge in [-0.05, 0) is 69.7 Å². The molecule has 0 radical (unpaired) electrons. The highest BCUT2D eigenvalue weighted by atomic mass is 35.5. The zero-order chi connectivity index (χ0) is 27.2. The molecule has 4 aliphatic heterocycles. The van der Waals surface area contributed by atoms with Crippen LogP contribution in [0, 0.1) is 11.8 Å². The predicted molar refractivity (Wildman–Crippen MR) is 139 cm³/mol. The molecule has 0 aromatic carbocycles. The fourth-order valence-electron chi connectivity index (χ4n) is 7.71. The second kappa shape index (κ2) is 11.3. The van der Waals surface area contributed by atoms with E-state index in [4.69, 9.17) is 11.6 Å². The van der Waals surface area contributed by atoms with Crippen LogP contribution in [0.4, 0.5) is 13.2 Å². The van der Waals surface area contributed by atoms with Gasteiger partial charge in [0.15, 0.2) is 0 Å². The minimum absolute atomic E-state index is 0.0101. The zero-order valence-electron chi connectivity index (χ0n) is 22.0. The van der Waals surface area contributed by atoms with Crippen LogP contribution in [0.5, 0.6) is 0 Å². The number of alkyl halides is 4. The van der Waals surface area contributed by atoms with E-state index in [2.05, 4.69) is 20.7 Å². The lowest BCUT2D eigenvalue weighted by Gasteiger charge is -2.53. The topological polar surface area (TPSA) is 85.0 Å². The fourth-order valence-corrected chi connectivity index (χ4v) is 9.58. The van der Waals surface area contributed by atoms with E-state index in [0.717, 1.165) is 37.3 Å². The second-order valence-corrected chi connectivity index (χ2v) is 14.9. The van der Waals surface area contributed by atoms with Crippen molar-refractivity contribution in [3.8, 4) is 0 Å². The van der Waals surface area contributed by atoms with Crippen LogP contribution < -0.4 is 10.7 Å². The molecule has 5 aliphatic rings. The Morgan fingerprint density at radius 3 is 2.42 bits per heavy atom. The summed E-state index contributed by atoms with van der Waals surface area (Å²) in [4.78, 5) is 16.4. The molecule has 4 heterocycles. The molecule has 0 spiro atoms. The highest BCUT2D eigenvalue weighted by molar-refractivity contribution is 7.91. The van der Waals surface area contributed by atoms with Gasteiger partial charge < -0.3 is 4.90 Å². The third-order valence-corrected chi connectivity index (χ3v) is 11.7. The molecule has 5 fully saturated rings. The molecule has 38 heavy (non-hydrogen) atoms. The molecule has 218 valence electrons. The highest BCUT2D eigenvalue weighted by Crippen LogP contribution is 2.41. The van der Waals surface area contributed by atoms with Crippen molar-refractivity contribution in [2.24, 2.45) is 11.8 Å². The van der Waals surface area contributed by atoms with Gasteiger partial charge in [0.2, 0.25) is 5.91 Å². The Bertz CT molecular complexity index is 950. The van der Waals surface area contributed by atoms with Gasteiger partial charge in [-0.1, -0.05) is 0 Å². The largest absolute Gasteiger partial charge is 0.409 e. The van der Waals surface area contributed by atoms with Crippen molar-refractivity contribution in [1.29, 1.82) is 0 Å². The van der Waals surface area contributed by atoms with Gasteiger partial charge in [-0.2, -0.15) is 13.2 Å². The molecule has 1 aliphatic carbocycles. The summed E-state index contributed by atoms with van der Waals surface area (Å²) in [5.74, 6) is -1.31. The van der Waals surface area contributed by atoms with E-state index >= 15 is 0 Å². The summed E-state index contributed by atoms with van der Waals surface area (Å²) in [6.07, 6.45) is 1.64. The van der Waals surface area contributed by atoms with Gasteiger partial charge in [0, 0.05) is 44.6 Å². The molecular weight excluding hydrogens is 543 g/mol. The number of amides is 1. The number of piperidine rings is 1. The molecule has 4 unspecified atom stereocenters. The van der Waals surface area contributed by atoms with Gasteiger partial charge in [-0.25, -0.2) is 18.9 Å². The number of nitrogens with one attached hydrogen (secondary N) is 2. The van der Waals surface area contributed by atoms with Crippen LogP contribution >= 0.6 is 11.6 Å². The third-order valence-electron chi connectivity index (χ3n) is 9.70. The lowest BCUT2D eigenvalue weighted by Crippen LogP contribution is -2.70. The standard InChI is InChI=1S/C25H41ClF3N5O3S/c1-32(23(35)13-16-8-11-38(36,37)12-9-16)24(25(27,28)29)17-4-6-18(7-5-17)33-10-2-3-19-20(33)15-30-22-14-21(26)31-34(19)22/h16-22,24,30-31H,2-15H2,1H3/t17?,18?,19?,20?,21?,22?,24-/m0/s1. The van der Waals surface area contributed by atoms with Crippen molar-refractivity contribution in [1.82, 2.24) is 25.6 Å². The first-order valence-electron chi connectivity index (χ1n) is 14.1. The maximum absolute atomic E-state index is 14.3. The zero-order valence-corrected chi connectivity index (χ0v) is 23.6. The van der Waals surface area contributed by atoms with E-state index in [0.29, 0.717) is 50.6 Å². The quantitative estimate of drug-likeness (QED) is 0.380. The average molecular weight is 584 g/mol. The van der Waals surface area contributed by atoms with Crippen LogP contribution in [-0.4, -0.2) is 103 Å². The van der Waals surface area contributed by atoms with Crippen molar-refractivity contribution in [3.63, 3.8) is 0 Å². The van der Waals surface area contributed by atoms with E-state index in [1.165, 1.54) is 7.05 Å². The Morgan fingerprint density at radius 2 is 1.76 bits per heavy atom. The Kier molecular flexibility index (Phi) is 8.59. The minimum Gasteiger partial charge on any atom is -0.333 e. The van der Waals surface area contributed by atoms with Gasteiger partial charge in [-0.3, -0.25) is 15.0 Å². The first-order valence-corrected chi connectivity index (χ1v) is 16.4. The summed E-state index contributed by atoms with van der Waals surface area (Å²) < 4.78 is 66.3. The van der Waals surface area contributed by atoms with Crippen molar-refractivity contribution < 1.29 is 26.4 Å². The van der Waals surface area contributed by atoms with Crippen LogP contribution in [0.15, 0.2) is 0 Å². The number of carbonyl (C=O) groups is 1. The summed E-state index contributed by atoms with van der Waals surface area (Å²) in [5, 5.41) is 5.87. The molecule has 5 atom stereocenters. The number of rotatable bonds is 5. The number of hydrazine groups is 1. The van der Waals surface area contributed by atoms with Gasteiger partial charge in [0.25, 0.3) is 0 Å². The smallest absolute Gasteiger partial charge is 0.333 e. The number of fused-ring (bicyclic) bond motifs is 3. The Balaban J connectivity index is 1.19.